The Bertz CT molecular complexity index is 786. The second-order valence-electron chi connectivity index (χ2n) is 6.55. The third-order valence-electron chi connectivity index (χ3n) is 4.51. The van der Waals surface area contributed by atoms with Gasteiger partial charge in [0.2, 0.25) is 5.01 Å². The monoisotopic (exact) mass is 387 g/mol. The molecule has 2 heterocycles. The summed E-state index contributed by atoms with van der Waals surface area (Å²) in [6.45, 7) is 5.69. The maximum Gasteiger partial charge on any atom is 0.286 e. The number of benzene rings is 1. The van der Waals surface area contributed by atoms with E-state index in [1.807, 2.05) is 6.92 Å². The molecule has 0 saturated carbocycles. The maximum atomic E-state index is 12.4. The van der Waals surface area contributed by atoms with Gasteiger partial charge in [-0.1, -0.05) is 30.7 Å². The van der Waals surface area contributed by atoms with Gasteiger partial charge < -0.3 is 15.5 Å². The van der Waals surface area contributed by atoms with Crippen molar-refractivity contribution >= 4 is 28.8 Å². The lowest BCUT2D eigenvalue weighted by molar-refractivity contribution is 0.0945. The second kappa shape index (κ2) is 9.57. The van der Waals surface area contributed by atoms with Crippen LogP contribution in [-0.2, 0) is 6.42 Å². The van der Waals surface area contributed by atoms with Crippen LogP contribution in [-0.4, -0.2) is 53.1 Å². The van der Waals surface area contributed by atoms with Crippen LogP contribution in [0, 0.1) is 0 Å². The Kier molecular flexibility index (Phi) is 6.89. The molecule has 3 rings (SSSR count). The van der Waals surface area contributed by atoms with E-state index >= 15 is 0 Å². The smallest absolute Gasteiger partial charge is 0.286 e. The van der Waals surface area contributed by atoms with Crippen LogP contribution in [0.2, 0.25) is 0 Å². The molecule has 1 aromatic heterocycles. The Morgan fingerprint density at radius 3 is 2.70 bits per heavy atom. The Morgan fingerprint density at radius 2 is 1.96 bits per heavy atom. The summed E-state index contributed by atoms with van der Waals surface area (Å²) in [5, 5.41) is 14.7. The Balaban J connectivity index is 1.52. The van der Waals surface area contributed by atoms with Gasteiger partial charge in [-0.3, -0.25) is 9.59 Å². The molecule has 2 aromatic rings. The van der Waals surface area contributed by atoms with Gasteiger partial charge in [0.05, 0.1) is 0 Å². The average molecular weight is 388 g/mol. The predicted octanol–water partition coefficient (Wildman–Crippen LogP) is 2.57. The van der Waals surface area contributed by atoms with E-state index in [1.165, 1.54) is 30.6 Å². The molecule has 1 saturated heterocycles. The number of aromatic nitrogens is 2. The summed E-state index contributed by atoms with van der Waals surface area (Å²) in [4.78, 5) is 27.0. The second-order valence-corrected chi connectivity index (χ2v) is 7.61. The topological polar surface area (TPSA) is 87.2 Å². The number of nitrogens with zero attached hydrogens (tertiary/aromatic N) is 3. The van der Waals surface area contributed by atoms with Crippen LogP contribution in [0.15, 0.2) is 24.3 Å². The van der Waals surface area contributed by atoms with Gasteiger partial charge in [0.25, 0.3) is 11.8 Å². The van der Waals surface area contributed by atoms with Gasteiger partial charge in [0, 0.05) is 24.3 Å². The van der Waals surface area contributed by atoms with Crippen LogP contribution >= 0.6 is 11.3 Å². The molecular weight excluding hydrogens is 362 g/mol. The standard InChI is InChI=1S/C19H25N5O2S/c1-2-16-22-23-19(27-16)18(26)21-15-8-6-7-14(13-15)17(25)20-9-12-24-10-4-3-5-11-24/h6-8,13H,2-5,9-12H2,1H3,(H,20,25)(H,21,26). The zero-order valence-electron chi connectivity index (χ0n) is 15.5. The number of carbonyl (C=O) groups is 2. The average Bonchev–Trinajstić information content (AvgIpc) is 3.18. The van der Waals surface area contributed by atoms with Crippen molar-refractivity contribution in [3.63, 3.8) is 0 Å². The van der Waals surface area contributed by atoms with E-state index in [2.05, 4.69) is 25.7 Å². The molecule has 8 heteroatoms. The van der Waals surface area contributed by atoms with Crippen molar-refractivity contribution in [1.29, 1.82) is 0 Å². The molecule has 0 spiro atoms. The van der Waals surface area contributed by atoms with E-state index < -0.39 is 0 Å². The van der Waals surface area contributed by atoms with E-state index in [9.17, 15) is 9.59 Å². The SMILES string of the molecule is CCc1nnc(C(=O)Nc2cccc(C(=O)NCCN3CCCCC3)c2)s1. The molecule has 2 N–H and O–H groups in total. The number of amides is 2. The lowest BCUT2D eigenvalue weighted by atomic mass is 10.1. The third-order valence-corrected chi connectivity index (χ3v) is 5.57. The number of anilines is 1. The van der Waals surface area contributed by atoms with Gasteiger partial charge in [-0.2, -0.15) is 0 Å². The fraction of sp³-hybridized carbons (Fsp3) is 0.474. The minimum Gasteiger partial charge on any atom is -0.351 e. The Morgan fingerprint density at radius 1 is 1.15 bits per heavy atom. The molecule has 7 nitrogen and oxygen atoms in total. The number of piperidine rings is 1. The number of hydrogen-bond donors (Lipinski definition) is 2. The van der Waals surface area contributed by atoms with Crippen molar-refractivity contribution < 1.29 is 9.59 Å². The minimum absolute atomic E-state index is 0.132. The normalized spacial score (nSPS) is 14.7. The van der Waals surface area contributed by atoms with Gasteiger partial charge in [-0.25, -0.2) is 0 Å². The number of aryl methyl sites for hydroxylation is 1. The van der Waals surface area contributed by atoms with Gasteiger partial charge in [-0.05, 0) is 50.6 Å². The van der Waals surface area contributed by atoms with Crippen molar-refractivity contribution in [2.45, 2.75) is 32.6 Å². The predicted molar refractivity (Wildman–Crippen MR) is 106 cm³/mol. The van der Waals surface area contributed by atoms with Crippen LogP contribution < -0.4 is 10.6 Å². The zero-order chi connectivity index (χ0) is 19.1. The van der Waals surface area contributed by atoms with Crippen molar-refractivity contribution in [3.8, 4) is 0 Å². The fourth-order valence-corrected chi connectivity index (χ4v) is 3.70. The lowest BCUT2D eigenvalue weighted by Gasteiger charge is -2.26. The van der Waals surface area contributed by atoms with Gasteiger partial charge in [0.1, 0.15) is 5.01 Å². The summed E-state index contributed by atoms with van der Waals surface area (Å²) in [6, 6.07) is 6.93. The molecule has 0 aliphatic carbocycles. The highest BCUT2D eigenvalue weighted by molar-refractivity contribution is 7.13. The molecule has 1 aromatic carbocycles. The molecule has 0 radical (unpaired) electrons. The van der Waals surface area contributed by atoms with E-state index in [0.29, 0.717) is 22.8 Å². The first-order valence-corrected chi connectivity index (χ1v) is 10.2. The quantitative estimate of drug-likeness (QED) is 0.762. The number of rotatable bonds is 7. The fourth-order valence-electron chi connectivity index (χ4n) is 3.02. The summed E-state index contributed by atoms with van der Waals surface area (Å²) < 4.78 is 0. The highest BCUT2D eigenvalue weighted by Crippen LogP contribution is 2.15. The van der Waals surface area contributed by atoms with Gasteiger partial charge in [-0.15, -0.1) is 10.2 Å². The summed E-state index contributed by atoms with van der Waals surface area (Å²) in [5.41, 5.74) is 1.09. The van der Waals surface area contributed by atoms with E-state index in [4.69, 9.17) is 0 Å². The molecule has 0 unspecified atom stereocenters. The number of hydrogen-bond acceptors (Lipinski definition) is 6. The Hall–Kier alpha value is -2.32. The zero-order valence-corrected chi connectivity index (χ0v) is 16.3. The lowest BCUT2D eigenvalue weighted by Crippen LogP contribution is -2.37. The summed E-state index contributed by atoms with van der Waals surface area (Å²) in [5.74, 6) is -0.442. The molecular formula is C19H25N5O2S. The largest absolute Gasteiger partial charge is 0.351 e. The van der Waals surface area contributed by atoms with Crippen LogP contribution in [0.1, 0.15) is 51.4 Å². The van der Waals surface area contributed by atoms with Crippen molar-refractivity contribution in [2.75, 3.05) is 31.5 Å². The van der Waals surface area contributed by atoms with Crippen LogP contribution in [0.5, 0.6) is 0 Å². The minimum atomic E-state index is -0.310. The number of likely N-dealkylation sites (tertiary alicyclic amines) is 1. The van der Waals surface area contributed by atoms with Gasteiger partial charge in [0.15, 0.2) is 0 Å². The van der Waals surface area contributed by atoms with Gasteiger partial charge >= 0.3 is 0 Å². The first-order valence-electron chi connectivity index (χ1n) is 9.40. The molecule has 2 amide bonds. The first kappa shape index (κ1) is 19.4. The molecule has 1 aliphatic rings. The highest BCUT2D eigenvalue weighted by Gasteiger charge is 2.14. The van der Waals surface area contributed by atoms with Crippen LogP contribution in [0.4, 0.5) is 5.69 Å². The third kappa shape index (κ3) is 5.58. The molecule has 0 bridgehead atoms. The number of nitrogens with one attached hydrogen (secondary N) is 2. The van der Waals surface area contributed by atoms with E-state index in [-0.39, 0.29) is 11.8 Å². The Labute approximate surface area is 163 Å². The van der Waals surface area contributed by atoms with E-state index in [0.717, 1.165) is 31.1 Å². The highest BCUT2D eigenvalue weighted by atomic mass is 32.1. The van der Waals surface area contributed by atoms with Crippen molar-refractivity contribution in [1.82, 2.24) is 20.4 Å². The number of carbonyl (C=O) groups excluding carboxylic acids is 2. The summed E-state index contributed by atoms with van der Waals surface area (Å²) >= 11 is 1.28. The van der Waals surface area contributed by atoms with Crippen molar-refractivity contribution in [2.24, 2.45) is 0 Å². The maximum absolute atomic E-state index is 12.4. The summed E-state index contributed by atoms with van der Waals surface area (Å²) in [7, 11) is 0. The van der Waals surface area contributed by atoms with Crippen molar-refractivity contribution in [3.05, 3.63) is 39.8 Å². The molecule has 144 valence electrons. The molecule has 1 aliphatic heterocycles. The molecule has 27 heavy (non-hydrogen) atoms. The summed E-state index contributed by atoms with van der Waals surface area (Å²) in [6.07, 6.45) is 4.53. The molecule has 0 atom stereocenters. The van der Waals surface area contributed by atoms with Crippen LogP contribution in [0.3, 0.4) is 0 Å². The van der Waals surface area contributed by atoms with E-state index in [1.54, 1.807) is 24.3 Å². The molecule has 1 fully saturated rings. The first-order chi connectivity index (χ1) is 13.2. The van der Waals surface area contributed by atoms with Crippen LogP contribution in [0.25, 0.3) is 0 Å².